The fourth-order valence-electron chi connectivity index (χ4n) is 2.72. The van der Waals surface area contributed by atoms with Gasteiger partial charge in [0.2, 0.25) is 5.16 Å². The van der Waals surface area contributed by atoms with Crippen molar-refractivity contribution in [1.82, 2.24) is 15.2 Å². The van der Waals surface area contributed by atoms with Crippen molar-refractivity contribution in [3.8, 4) is 22.5 Å². The van der Waals surface area contributed by atoms with Gasteiger partial charge in [-0.05, 0) is 17.7 Å². The minimum absolute atomic E-state index is 0.658. The van der Waals surface area contributed by atoms with Crippen LogP contribution in [0.5, 0.6) is 0 Å². The molecule has 1 heterocycles. The summed E-state index contributed by atoms with van der Waals surface area (Å²) in [5.74, 6) is 0.765. The number of benzene rings is 3. The fraction of sp³-hybridized carbons (Fsp3) is 0.0455. The molecule has 0 aliphatic rings. The first-order valence-electron chi connectivity index (χ1n) is 8.62. The van der Waals surface area contributed by atoms with Crippen LogP contribution in [0.25, 0.3) is 22.5 Å². The molecule has 5 heteroatoms. The smallest absolute Gasteiger partial charge is 0.210 e. The molecule has 0 fully saturated rings. The predicted octanol–water partition coefficient (Wildman–Crippen LogP) is 5.08. The second-order valence-electron chi connectivity index (χ2n) is 6.05. The van der Waals surface area contributed by atoms with Gasteiger partial charge in [-0.25, -0.2) is 4.98 Å². The van der Waals surface area contributed by atoms with Crippen LogP contribution in [0, 0.1) is 0 Å². The van der Waals surface area contributed by atoms with E-state index >= 15 is 0 Å². The monoisotopic (exact) mass is 370 g/mol. The fourth-order valence-corrected chi connectivity index (χ4v) is 3.46. The van der Waals surface area contributed by atoms with Crippen molar-refractivity contribution >= 4 is 17.4 Å². The lowest BCUT2D eigenvalue weighted by Gasteiger charge is -2.09. The van der Waals surface area contributed by atoms with Crippen LogP contribution in [0.2, 0.25) is 0 Å². The zero-order valence-electron chi connectivity index (χ0n) is 14.6. The molecule has 0 spiro atoms. The first-order valence-corrected chi connectivity index (χ1v) is 9.61. The first-order chi connectivity index (χ1) is 13.3. The molecule has 0 unspecified atom stereocenters. The van der Waals surface area contributed by atoms with E-state index in [2.05, 4.69) is 10.2 Å². The Kier molecular flexibility index (Phi) is 5.12. The van der Waals surface area contributed by atoms with Gasteiger partial charge >= 0.3 is 0 Å². The molecule has 2 N–H and O–H groups in total. The number of nitrogens with two attached hydrogens (primary N) is 1. The minimum Gasteiger partial charge on any atom is -0.399 e. The summed E-state index contributed by atoms with van der Waals surface area (Å²) in [6.07, 6.45) is 0. The topological polar surface area (TPSA) is 64.7 Å². The van der Waals surface area contributed by atoms with Crippen molar-refractivity contribution in [2.24, 2.45) is 0 Å². The SMILES string of the molecule is Nc1ccc(CSc2nnc(-c3ccccc3)c(-c3ccccc3)n2)cc1. The van der Waals surface area contributed by atoms with Crippen LogP contribution in [0.1, 0.15) is 5.56 Å². The van der Waals surface area contributed by atoms with E-state index in [0.29, 0.717) is 5.16 Å². The van der Waals surface area contributed by atoms with Gasteiger partial charge < -0.3 is 5.73 Å². The maximum Gasteiger partial charge on any atom is 0.210 e. The molecular formula is C22H18N4S. The van der Waals surface area contributed by atoms with Gasteiger partial charge in [0.05, 0.1) is 0 Å². The van der Waals surface area contributed by atoms with Crippen molar-refractivity contribution in [3.63, 3.8) is 0 Å². The molecule has 0 radical (unpaired) electrons. The normalized spacial score (nSPS) is 10.7. The summed E-state index contributed by atoms with van der Waals surface area (Å²) < 4.78 is 0. The van der Waals surface area contributed by atoms with Gasteiger partial charge in [-0.3, -0.25) is 0 Å². The molecule has 4 nitrogen and oxygen atoms in total. The number of thioether (sulfide) groups is 1. The molecule has 0 bridgehead atoms. The zero-order chi connectivity index (χ0) is 18.5. The van der Waals surface area contributed by atoms with E-state index in [4.69, 9.17) is 10.7 Å². The zero-order valence-corrected chi connectivity index (χ0v) is 15.4. The van der Waals surface area contributed by atoms with Gasteiger partial charge in [0.15, 0.2) is 0 Å². The number of nitrogens with zero attached hydrogens (tertiary/aromatic N) is 3. The molecule has 4 rings (SSSR count). The third-order valence-electron chi connectivity index (χ3n) is 4.11. The lowest BCUT2D eigenvalue weighted by Crippen LogP contribution is -1.99. The Labute approximate surface area is 162 Å². The van der Waals surface area contributed by atoms with Crippen LogP contribution in [0.3, 0.4) is 0 Å². The third kappa shape index (κ3) is 4.15. The van der Waals surface area contributed by atoms with Crippen molar-refractivity contribution < 1.29 is 0 Å². The van der Waals surface area contributed by atoms with Gasteiger partial charge in [-0.1, -0.05) is 84.6 Å². The summed E-state index contributed by atoms with van der Waals surface area (Å²) in [6.45, 7) is 0. The van der Waals surface area contributed by atoms with Crippen molar-refractivity contribution in [2.45, 2.75) is 10.9 Å². The Balaban J connectivity index is 1.67. The van der Waals surface area contributed by atoms with Crippen LogP contribution in [0.4, 0.5) is 5.69 Å². The number of rotatable bonds is 5. The van der Waals surface area contributed by atoms with Crippen molar-refractivity contribution in [3.05, 3.63) is 90.5 Å². The van der Waals surface area contributed by atoms with Crippen LogP contribution >= 0.6 is 11.8 Å². The predicted molar refractivity (Wildman–Crippen MR) is 111 cm³/mol. The maximum absolute atomic E-state index is 5.75. The van der Waals surface area contributed by atoms with E-state index < -0.39 is 0 Å². The minimum atomic E-state index is 0.658. The van der Waals surface area contributed by atoms with Crippen molar-refractivity contribution in [1.29, 1.82) is 0 Å². The van der Waals surface area contributed by atoms with E-state index in [1.807, 2.05) is 84.9 Å². The molecule has 1 aromatic heterocycles. The quantitative estimate of drug-likeness (QED) is 0.392. The highest BCUT2D eigenvalue weighted by molar-refractivity contribution is 7.98. The summed E-state index contributed by atoms with van der Waals surface area (Å²) in [5.41, 5.74) is 11.4. The Morgan fingerprint density at radius 3 is 1.89 bits per heavy atom. The Hall–Kier alpha value is -3.18. The standard InChI is InChI=1S/C22H18N4S/c23-19-13-11-16(12-14-19)15-27-22-24-20(17-7-3-1-4-8-17)21(25-26-22)18-9-5-2-6-10-18/h1-14H,15,23H2. The summed E-state index contributed by atoms with van der Waals surface area (Å²) in [4.78, 5) is 4.82. The number of nitrogen functional groups attached to an aromatic ring is 1. The molecule has 0 aliphatic carbocycles. The van der Waals surface area contributed by atoms with E-state index in [1.54, 1.807) is 11.8 Å². The van der Waals surface area contributed by atoms with E-state index in [9.17, 15) is 0 Å². The molecule has 0 amide bonds. The van der Waals surface area contributed by atoms with Crippen LogP contribution in [-0.2, 0) is 5.75 Å². The lowest BCUT2D eigenvalue weighted by molar-refractivity contribution is 0.850. The Bertz CT molecular complexity index is 1020. The maximum atomic E-state index is 5.75. The molecule has 0 saturated carbocycles. The second-order valence-corrected chi connectivity index (χ2v) is 7.00. The molecule has 27 heavy (non-hydrogen) atoms. The second kappa shape index (κ2) is 8.01. The molecule has 0 atom stereocenters. The Morgan fingerprint density at radius 2 is 1.26 bits per heavy atom. The highest BCUT2D eigenvalue weighted by atomic mass is 32.2. The van der Waals surface area contributed by atoms with Gasteiger partial charge in [-0.15, -0.1) is 10.2 Å². The summed E-state index contributed by atoms with van der Waals surface area (Å²) in [7, 11) is 0. The molecule has 3 aromatic carbocycles. The number of hydrogen-bond acceptors (Lipinski definition) is 5. The molecule has 4 aromatic rings. The van der Waals surface area contributed by atoms with E-state index in [-0.39, 0.29) is 0 Å². The molecule has 0 aliphatic heterocycles. The van der Waals surface area contributed by atoms with Gasteiger partial charge in [0, 0.05) is 22.6 Å². The molecular weight excluding hydrogens is 352 g/mol. The largest absolute Gasteiger partial charge is 0.399 e. The highest BCUT2D eigenvalue weighted by Crippen LogP contribution is 2.30. The van der Waals surface area contributed by atoms with Crippen LogP contribution < -0.4 is 5.73 Å². The summed E-state index contributed by atoms with van der Waals surface area (Å²) >= 11 is 1.57. The summed E-state index contributed by atoms with van der Waals surface area (Å²) in [5, 5.41) is 9.51. The first kappa shape index (κ1) is 17.2. The van der Waals surface area contributed by atoms with Crippen molar-refractivity contribution in [2.75, 3.05) is 5.73 Å². The molecule has 132 valence electrons. The number of aromatic nitrogens is 3. The van der Waals surface area contributed by atoms with Gasteiger partial charge in [-0.2, -0.15) is 0 Å². The third-order valence-corrected chi connectivity index (χ3v) is 5.02. The Morgan fingerprint density at radius 1 is 0.667 bits per heavy atom. The number of anilines is 1. The van der Waals surface area contributed by atoms with E-state index in [1.165, 1.54) is 5.56 Å². The van der Waals surface area contributed by atoms with E-state index in [0.717, 1.165) is 34.0 Å². The summed E-state index contributed by atoms with van der Waals surface area (Å²) in [6, 6.07) is 28.0. The van der Waals surface area contributed by atoms with Crippen LogP contribution in [-0.4, -0.2) is 15.2 Å². The van der Waals surface area contributed by atoms with Gasteiger partial charge in [0.25, 0.3) is 0 Å². The average Bonchev–Trinajstić information content (AvgIpc) is 2.74. The number of hydrogen-bond donors (Lipinski definition) is 1. The lowest BCUT2D eigenvalue weighted by atomic mass is 10.0. The average molecular weight is 370 g/mol. The van der Waals surface area contributed by atoms with Crippen LogP contribution in [0.15, 0.2) is 90.1 Å². The van der Waals surface area contributed by atoms with Gasteiger partial charge in [0.1, 0.15) is 11.4 Å². The highest BCUT2D eigenvalue weighted by Gasteiger charge is 2.13. The molecule has 0 saturated heterocycles.